The van der Waals surface area contributed by atoms with E-state index in [2.05, 4.69) is 26.7 Å². The normalized spacial score (nSPS) is 20.2. The number of aliphatic carboxylic acids is 1. The molecule has 0 aliphatic carbocycles. The van der Waals surface area contributed by atoms with Crippen LogP contribution in [-0.4, -0.2) is 94.0 Å². The van der Waals surface area contributed by atoms with E-state index in [1.54, 1.807) is 7.11 Å². The van der Waals surface area contributed by atoms with Crippen LogP contribution in [-0.2, 0) is 22.6 Å². The number of nitrogens with zero attached hydrogens (tertiary/aromatic N) is 5. The summed E-state index contributed by atoms with van der Waals surface area (Å²) in [5.41, 5.74) is 1.03. The second-order valence-electron chi connectivity index (χ2n) is 8.24. The number of ether oxygens (including phenoxy) is 1. The van der Waals surface area contributed by atoms with Crippen molar-refractivity contribution in [3.63, 3.8) is 0 Å². The predicted octanol–water partition coefficient (Wildman–Crippen LogP) is 1.96. The molecule has 2 amide bonds. The van der Waals surface area contributed by atoms with Crippen LogP contribution in [0.1, 0.15) is 38.3 Å². The van der Waals surface area contributed by atoms with Gasteiger partial charge in [0.25, 0.3) is 0 Å². The number of rotatable bonds is 6. The number of carbonyl (C=O) groups excluding carboxylic acids is 1. The van der Waals surface area contributed by atoms with Gasteiger partial charge in [0.1, 0.15) is 0 Å². The lowest BCUT2D eigenvalue weighted by atomic mass is 9.97. The van der Waals surface area contributed by atoms with Gasteiger partial charge in [-0.2, -0.15) is 13.2 Å². The van der Waals surface area contributed by atoms with Gasteiger partial charge in [-0.15, -0.1) is 5.10 Å². The Hall–Kier alpha value is -2.41. The Morgan fingerprint density at radius 1 is 1.24 bits per heavy atom. The molecule has 1 aromatic rings. The molecule has 13 heteroatoms. The van der Waals surface area contributed by atoms with Crippen LogP contribution < -0.4 is 5.32 Å². The zero-order valence-corrected chi connectivity index (χ0v) is 19.1. The Labute approximate surface area is 191 Å². The first-order valence-corrected chi connectivity index (χ1v) is 11.1. The van der Waals surface area contributed by atoms with Crippen LogP contribution in [0.2, 0.25) is 0 Å². The molecule has 0 spiro atoms. The molecular formula is C20H33F3N6O4. The number of carboxylic acid groups (broad SMARTS) is 1. The lowest BCUT2D eigenvalue weighted by Gasteiger charge is -2.31. The van der Waals surface area contributed by atoms with E-state index in [4.69, 9.17) is 14.6 Å². The number of nitrogens with one attached hydrogen (secondary N) is 1. The van der Waals surface area contributed by atoms with Gasteiger partial charge in [0, 0.05) is 52.6 Å². The zero-order valence-electron chi connectivity index (χ0n) is 19.1. The molecule has 1 atom stereocenters. The van der Waals surface area contributed by atoms with E-state index in [1.165, 1.54) is 6.42 Å². The average Bonchev–Trinajstić information content (AvgIpc) is 3.21. The first-order chi connectivity index (χ1) is 15.6. The first-order valence-electron chi connectivity index (χ1n) is 11.1. The number of hydrogen-bond acceptors (Lipinski definition) is 6. The fourth-order valence-corrected chi connectivity index (χ4v) is 3.92. The van der Waals surface area contributed by atoms with Gasteiger partial charge in [0.15, 0.2) is 0 Å². The van der Waals surface area contributed by atoms with Crippen LogP contribution in [0.3, 0.4) is 0 Å². The summed E-state index contributed by atoms with van der Waals surface area (Å²) in [6.45, 7) is 8.09. The number of carbonyl (C=O) groups is 2. The maximum atomic E-state index is 11.9. The molecule has 3 heterocycles. The zero-order chi connectivity index (χ0) is 24.4. The molecule has 2 saturated heterocycles. The molecule has 10 nitrogen and oxygen atoms in total. The monoisotopic (exact) mass is 478 g/mol. The summed E-state index contributed by atoms with van der Waals surface area (Å²) in [4.78, 5) is 25.1. The predicted molar refractivity (Wildman–Crippen MR) is 112 cm³/mol. The minimum atomic E-state index is -5.08. The van der Waals surface area contributed by atoms with Crippen LogP contribution in [0.5, 0.6) is 0 Å². The van der Waals surface area contributed by atoms with Crippen molar-refractivity contribution >= 4 is 12.0 Å². The lowest BCUT2D eigenvalue weighted by Crippen LogP contribution is -2.44. The second kappa shape index (κ2) is 12.7. The van der Waals surface area contributed by atoms with Crippen LogP contribution in [0.15, 0.2) is 6.20 Å². The van der Waals surface area contributed by atoms with E-state index >= 15 is 0 Å². The van der Waals surface area contributed by atoms with E-state index in [0.29, 0.717) is 18.6 Å². The number of aromatic nitrogens is 3. The molecule has 2 N–H and O–H groups in total. The van der Waals surface area contributed by atoms with Gasteiger partial charge in [-0.05, 0) is 45.1 Å². The van der Waals surface area contributed by atoms with E-state index in [0.717, 1.165) is 64.2 Å². The number of methoxy groups -OCH3 is 1. The van der Waals surface area contributed by atoms with Crippen molar-refractivity contribution in [2.75, 3.05) is 39.8 Å². The molecule has 3 rings (SSSR count). The largest absolute Gasteiger partial charge is 0.490 e. The molecule has 0 bridgehead atoms. The standard InChI is InChI=1S/C18H32N6O2.C2HF3O2/c1-3-19-18(25)23-9-6-15(7-10-23)11-24-13-16(20-21-24)12-22-8-4-5-17(14-22)26-2;3-2(4,5)1(6)7/h13,15,17H,3-12,14H2,1-2H3,(H,19,25);(H,6,7). The van der Waals surface area contributed by atoms with Gasteiger partial charge in [-0.25, -0.2) is 9.59 Å². The van der Waals surface area contributed by atoms with Crippen LogP contribution in [0.4, 0.5) is 18.0 Å². The molecule has 0 saturated carbocycles. The number of piperidine rings is 2. The maximum Gasteiger partial charge on any atom is 0.490 e. The Bertz CT molecular complexity index is 752. The number of alkyl halides is 3. The fraction of sp³-hybridized carbons (Fsp3) is 0.800. The average molecular weight is 479 g/mol. The van der Waals surface area contributed by atoms with Crippen molar-refractivity contribution in [3.8, 4) is 0 Å². The van der Waals surface area contributed by atoms with Crippen molar-refractivity contribution in [3.05, 3.63) is 11.9 Å². The smallest absolute Gasteiger partial charge is 0.475 e. The number of likely N-dealkylation sites (tertiary alicyclic amines) is 2. The minimum Gasteiger partial charge on any atom is -0.475 e. The highest BCUT2D eigenvalue weighted by molar-refractivity contribution is 5.74. The Balaban J connectivity index is 0.000000479. The third-order valence-corrected chi connectivity index (χ3v) is 5.68. The Morgan fingerprint density at radius 2 is 1.91 bits per heavy atom. The number of halogens is 3. The van der Waals surface area contributed by atoms with Crippen molar-refractivity contribution in [1.82, 2.24) is 30.1 Å². The molecule has 2 aliphatic heterocycles. The molecule has 33 heavy (non-hydrogen) atoms. The fourth-order valence-electron chi connectivity index (χ4n) is 3.92. The van der Waals surface area contributed by atoms with Crippen LogP contribution >= 0.6 is 0 Å². The summed E-state index contributed by atoms with van der Waals surface area (Å²) < 4.78 is 39.2. The van der Waals surface area contributed by atoms with Crippen LogP contribution in [0, 0.1) is 5.92 Å². The van der Waals surface area contributed by atoms with Crippen molar-refractivity contribution in [2.24, 2.45) is 5.92 Å². The molecule has 1 unspecified atom stereocenters. The molecule has 0 aromatic carbocycles. The topological polar surface area (TPSA) is 113 Å². The Kier molecular flexibility index (Phi) is 10.4. The number of hydrogen-bond donors (Lipinski definition) is 2. The van der Waals surface area contributed by atoms with Crippen LogP contribution in [0.25, 0.3) is 0 Å². The van der Waals surface area contributed by atoms with E-state index in [-0.39, 0.29) is 6.03 Å². The highest BCUT2D eigenvalue weighted by Gasteiger charge is 2.38. The number of amides is 2. The lowest BCUT2D eigenvalue weighted by molar-refractivity contribution is -0.192. The van der Waals surface area contributed by atoms with Crippen molar-refractivity contribution in [1.29, 1.82) is 0 Å². The first kappa shape index (κ1) is 26.8. The summed E-state index contributed by atoms with van der Waals surface area (Å²) in [5.74, 6) is -2.20. The summed E-state index contributed by atoms with van der Waals surface area (Å²) in [5, 5.41) is 18.7. The van der Waals surface area contributed by atoms with E-state index < -0.39 is 12.1 Å². The summed E-state index contributed by atoms with van der Waals surface area (Å²) in [6.07, 6.45) is 1.70. The number of carboxylic acids is 1. The number of urea groups is 1. The van der Waals surface area contributed by atoms with Gasteiger partial charge in [-0.1, -0.05) is 5.21 Å². The second-order valence-corrected chi connectivity index (χ2v) is 8.24. The SMILES string of the molecule is CCNC(=O)N1CCC(Cn2cc(CN3CCCC(OC)C3)nn2)CC1.O=C(O)C(F)(F)F. The van der Waals surface area contributed by atoms with Gasteiger partial charge >= 0.3 is 18.2 Å². The highest BCUT2D eigenvalue weighted by Crippen LogP contribution is 2.19. The molecular weight excluding hydrogens is 445 g/mol. The van der Waals surface area contributed by atoms with Crippen molar-refractivity contribution < 1.29 is 32.6 Å². The summed E-state index contributed by atoms with van der Waals surface area (Å²) in [7, 11) is 1.79. The van der Waals surface area contributed by atoms with E-state index in [1.807, 2.05) is 16.5 Å². The van der Waals surface area contributed by atoms with E-state index in [9.17, 15) is 18.0 Å². The maximum absolute atomic E-state index is 11.9. The quantitative estimate of drug-likeness (QED) is 0.643. The summed E-state index contributed by atoms with van der Waals surface area (Å²) >= 11 is 0. The minimum absolute atomic E-state index is 0.0601. The third kappa shape index (κ3) is 9.16. The summed E-state index contributed by atoms with van der Waals surface area (Å²) in [6, 6.07) is 0.0601. The van der Waals surface area contributed by atoms with Gasteiger partial charge in [0.2, 0.25) is 0 Å². The van der Waals surface area contributed by atoms with Gasteiger partial charge in [0.05, 0.1) is 11.8 Å². The van der Waals surface area contributed by atoms with Gasteiger partial charge < -0.3 is 20.1 Å². The third-order valence-electron chi connectivity index (χ3n) is 5.68. The molecule has 2 fully saturated rings. The molecule has 2 aliphatic rings. The molecule has 0 radical (unpaired) electrons. The molecule has 188 valence electrons. The highest BCUT2D eigenvalue weighted by atomic mass is 19.4. The molecule has 1 aromatic heterocycles. The van der Waals surface area contributed by atoms with Crippen molar-refractivity contribution in [2.45, 2.75) is 58.0 Å². The Morgan fingerprint density at radius 3 is 2.48 bits per heavy atom. The van der Waals surface area contributed by atoms with Gasteiger partial charge in [-0.3, -0.25) is 9.58 Å².